The second-order valence-corrected chi connectivity index (χ2v) is 8.34. The number of H-pyrrole nitrogens is 1. The fourth-order valence-electron chi connectivity index (χ4n) is 3.14. The van der Waals surface area contributed by atoms with Gasteiger partial charge in [-0.2, -0.15) is 0 Å². The first-order valence-corrected chi connectivity index (χ1v) is 10.3. The molecule has 2 aromatic rings. The van der Waals surface area contributed by atoms with Crippen LogP contribution in [-0.2, 0) is 16.4 Å². The van der Waals surface area contributed by atoms with Gasteiger partial charge < -0.3 is 15.6 Å². The van der Waals surface area contributed by atoms with Crippen LogP contribution >= 0.6 is 24.0 Å². The molecule has 3 N–H and O–H groups in total. The average molecular weight is 509 g/mol. The molecule has 0 bridgehead atoms. The van der Waals surface area contributed by atoms with Gasteiger partial charge in [0.2, 0.25) is 10.0 Å². The van der Waals surface area contributed by atoms with E-state index in [-0.39, 0.29) is 35.5 Å². The van der Waals surface area contributed by atoms with Crippen molar-refractivity contribution in [3.8, 4) is 0 Å². The normalized spacial score (nSPS) is 17.0. The highest BCUT2D eigenvalue weighted by atomic mass is 127. The molecule has 1 fully saturated rings. The summed E-state index contributed by atoms with van der Waals surface area (Å²) in [7, 11) is -1.38. The minimum atomic E-state index is -3.06. The average Bonchev–Trinajstić information content (AvgIpc) is 3.16. The number of aromatic nitrogens is 1. The molecule has 0 spiro atoms. The molecule has 150 valence electrons. The Morgan fingerprint density at radius 2 is 2.11 bits per heavy atom. The molecule has 27 heavy (non-hydrogen) atoms. The number of aromatic amines is 1. The van der Waals surface area contributed by atoms with Gasteiger partial charge in [0, 0.05) is 50.3 Å². The highest BCUT2D eigenvalue weighted by molar-refractivity contribution is 14.0. The first-order chi connectivity index (χ1) is 12.5. The lowest BCUT2D eigenvalue weighted by Gasteiger charge is -2.16. The maximum absolute atomic E-state index is 13.2. The van der Waals surface area contributed by atoms with E-state index in [0.29, 0.717) is 38.6 Å². The van der Waals surface area contributed by atoms with Crippen LogP contribution in [0.5, 0.6) is 0 Å². The van der Waals surface area contributed by atoms with Gasteiger partial charge >= 0.3 is 0 Å². The van der Waals surface area contributed by atoms with Crippen molar-refractivity contribution < 1.29 is 12.8 Å². The Balaban J connectivity index is 0.00000261. The topological polar surface area (TPSA) is 89.6 Å². The molecule has 1 aliphatic heterocycles. The summed E-state index contributed by atoms with van der Waals surface area (Å²) < 4.78 is 38.3. The zero-order valence-corrected chi connectivity index (χ0v) is 18.3. The van der Waals surface area contributed by atoms with Gasteiger partial charge in [-0.25, -0.2) is 17.1 Å². The van der Waals surface area contributed by atoms with Crippen molar-refractivity contribution in [2.75, 3.05) is 39.0 Å². The third-order valence-corrected chi connectivity index (χ3v) is 6.45. The molecule has 3 rings (SSSR count). The van der Waals surface area contributed by atoms with E-state index in [0.717, 1.165) is 22.9 Å². The molecular weight excluding hydrogens is 484 g/mol. The van der Waals surface area contributed by atoms with E-state index >= 15 is 0 Å². The van der Waals surface area contributed by atoms with Gasteiger partial charge in [-0.15, -0.1) is 24.0 Å². The van der Waals surface area contributed by atoms with Gasteiger partial charge in [-0.05, 0) is 36.6 Å². The summed E-state index contributed by atoms with van der Waals surface area (Å²) in [4.78, 5) is 7.23. The second kappa shape index (κ2) is 9.69. The summed E-state index contributed by atoms with van der Waals surface area (Å²) in [6, 6.07) is 4.72. The van der Waals surface area contributed by atoms with Gasteiger partial charge in [0.05, 0.1) is 5.75 Å². The Morgan fingerprint density at radius 1 is 1.33 bits per heavy atom. The SMILES string of the molecule is CN=C(NCCc1c[nH]c2cc(F)ccc12)NCCN1CCCS1(=O)=O.I. The first kappa shape index (κ1) is 21.9. The number of fused-ring (bicyclic) bond motifs is 1. The van der Waals surface area contributed by atoms with E-state index in [4.69, 9.17) is 0 Å². The molecule has 1 aromatic heterocycles. The summed E-state index contributed by atoms with van der Waals surface area (Å²) in [6.45, 7) is 2.20. The number of sulfonamides is 1. The highest BCUT2D eigenvalue weighted by Gasteiger charge is 2.27. The van der Waals surface area contributed by atoms with Gasteiger partial charge in [0.15, 0.2) is 5.96 Å². The predicted molar refractivity (Wildman–Crippen MR) is 117 cm³/mol. The quantitative estimate of drug-likeness (QED) is 0.314. The van der Waals surface area contributed by atoms with Crippen LogP contribution < -0.4 is 10.6 Å². The lowest BCUT2D eigenvalue weighted by atomic mass is 10.1. The molecule has 1 saturated heterocycles. The Labute approximate surface area is 175 Å². The Bertz CT molecular complexity index is 900. The monoisotopic (exact) mass is 509 g/mol. The van der Waals surface area contributed by atoms with Gasteiger partial charge in [-0.3, -0.25) is 4.99 Å². The number of hydrogen-bond acceptors (Lipinski definition) is 3. The molecule has 1 aliphatic rings. The summed E-state index contributed by atoms with van der Waals surface area (Å²) in [5.74, 6) is 0.621. The Kier molecular flexibility index (Phi) is 7.86. The molecule has 1 aromatic carbocycles. The van der Waals surface area contributed by atoms with Crippen molar-refractivity contribution in [2.24, 2.45) is 4.99 Å². The van der Waals surface area contributed by atoms with Gasteiger partial charge in [0.25, 0.3) is 0 Å². The number of nitrogens with one attached hydrogen (secondary N) is 3. The van der Waals surface area contributed by atoms with E-state index in [1.54, 1.807) is 13.1 Å². The number of guanidine groups is 1. The number of halogens is 2. The molecule has 0 radical (unpaired) electrons. The lowest BCUT2D eigenvalue weighted by Crippen LogP contribution is -2.42. The number of nitrogens with zero attached hydrogens (tertiary/aromatic N) is 2. The zero-order valence-electron chi connectivity index (χ0n) is 15.2. The fraction of sp³-hybridized carbons (Fsp3) is 0.471. The van der Waals surface area contributed by atoms with Crippen LogP contribution in [0.4, 0.5) is 4.39 Å². The van der Waals surface area contributed by atoms with Gasteiger partial charge in [0.1, 0.15) is 5.82 Å². The van der Waals surface area contributed by atoms with Crippen molar-refractivity contribution in [2.45, 2.75) is 12.8 Å². The lowest BCUT2D eigenvalue weighted by molar-refractivity contribution is 0.445. The van der Waals surface area contributed by atoms with Gasteiger partial charge in [-0.1, -0.05) is 0 Å². The molecule has 0 aliphatic carbocycles. The van der Waals surface area contributed by atoms with Crippen molar-refractivity contribution in [3.05, 3.63) is 35.8 Å². The van der Waals surface area contributed by atoms with Crippen molar-refractivity contribution in [3.63, 3.8) is 0 Å². The number of hydrogen-bond donors (Lipinski definition) is 3. The molecule has 2 heterocycles. The minimum absolute atomic E-state index is 0. The third kappa shape index (κ3) is 5.55. The maximum Gasteiger partial charge on any atom is 0.214 e. The van der Waals surface area contributed by atoms with Crippen LogP contribution in [0.3, 0.4) is 0 Å². The summed E-state index contributed by atoms with van der Waals surface area (Å²) in [5.41, 5.74) is 1.89. The smallest absolute Gasteiger partial charge is 0.214 e. The predicted octanol–water partition coefficient (Wildman–Crippen LogP) is 1.67. The fourth-order valence-corrected chi connectivity index (χ4v) is 4.67. The van der Waals surface area contributed by atoms with Crippen LogP contribution in [0.25, 0.3) is 10.9 Å². The first-order valence-electron chi connectivity index (χ1n) is 8.67. The summed E-state index contributed by atoms with van der Waals surface area (Å²) in [5, 5.41) is 7.36. The summed E-state index contributed by atoms with van der Waals surface area (Å²) >= 11 is 0. The van der Waals surface area contributed by atoms with Crippen molar-refractivity contribution in [1.82, 2.24) is 19.9 Å². The highest BCUT2D eigenvalue weighted by Crippen LogP contribution is 2.19. The molecule has 10 heteroatoms. The van der Waals surface area contributed by atoms with Crippen LogP contribution in [0.2, 0.25) is 0 Å². The molecule has 0 amide bonds. The van der Waals surface area contributed by atoms with Crippen LogP contribution in [0.15, 0.2) is 29.4 Å². The molecular formula is C17H25FIN5O2S. The van der Waals surface area contributed by atoms with E-state index in [1.165, 1.54) is 16.4 Å². The van der Waals surface area contributed by atoms with Crippen molar-refractivity contribution >= 4 is 50.9 Å². The maximum atomic E-state index is 13.2. The molecule has 0 saturated carbocycles. The van der Waals surface area contributed by atoms with Crippen molar-refractivity contribution in [1.29, 1.82) is 0 Å². The van der Waals surface area contributed by atoms with Crippen LogP contribution in [0.1, 0.15) is 12.0 Å². The number of rotatable bonds is 6. The standard InChI is InChI=1S/C17H24FN5O2S.HI/c1-19-17(21-7-9-23-8-2-10-26(23,24)25)20-6-5-13-12-22-16-11-14(18)3-4-15(13)16;/h3-4,11-12,22H,2,5-10H2,1H3,(H2,19,20,21);1H. The van der Waals surface area contributed by atoms with Crippen LogP contribution in [0, 0.1) is 5.82 Å². The Morgan fingerprint density at radius 3 is 2.81 bits per heavy atom. The summed E-state index contributed by atoms with van der Waals surface area (Å²) in [6.07, 6.45) is 3.34. The molecule has 0 atom stereocenters. The minimum Gasteiger partial charge on any atom is -0.361 e. The second-order valence-electron chi connectivity index (χ2n) is 6.25. The number of benzene rings is 1. The van der Waals surface area contributed by atoms with E-state index in [1.807, 2.05) is 6.20 Å². The van der Waals surface area contributed by atoms with E-state index in [2.05, 4.69) is 20.6 Å². The molecule has 7 nitrogen and oxygen atoms in total. The Hall–Kier alpha value is -1.40. The zero-order chi connectivity index (χ0) is 18.6. The largest absolute Gasteiger partial charge is 0.361 e. The number of aliphatic imine (C=N–C) groups is 1. The van der Waals surface area contributed by atoms with Crippen LogP contribution in [-0.4, -0.2) is 62.6 Å². The molecule has 0 unspecified atom stereocenters. The van der Waals surface area contributed by atoms with E-state index < -0.39 is 10.0 Å². The third-order valence-electron chi connectivity index (χ3n) is 4.50. The van der Waals surface area contributed by atoms with E-state index in [9.17, 15) is 12.8 Å².